The van der Waals surface area contributed by atoms with Crippen LogP contribution in [0.25, 0.3) is 0 Å². The van der Waals surface area contributed by atoms with Crippen LogP contribution in [0.2, 0.25) is 0 Å². The molecule has 0 spiro atoms. The minimum absolute atomic E-state index is 0.152. The SMILES string of the molecule is COc1ccc(C(=O)NNC(=O)COC(=O)CNS(=O)(=O)c2ccc(C(C)=O)cc2)cc1OC. The number of ether oxygens (including phenoxy) is 3. The molecule has 13 heteroatoms. The molecule has 0 radical (unpaired) electrons. The molecular formula is C21H23N3O9S. The Kier molecular flexibility index (Phi) is 9.10. The maximum atomic E-state index is 12.2. The first-order chi connectivity index (χ1) is 16.1. The van der Waals surface area contributed by atoms with E-state index in [0.29, 0.717) is 17.1 Å². The van der Waals surface area contributed by atoms with Crippen molar-refractivity contribution >= 4 is 33.6 Å². The lowest BCUT2D eigenvalue weighted by Crippen LogP contribution is -2.44. The van der Waals surface area contributed by atoms with Crippen molar-refractivity contribution in [3.05, 3.63) is 53.6 Å². The average Bonchev–Trinajstić information content (AvgIpc) is 2.84. The number of carbonyl (C=O) groups excluding carboxylic acids is 4. The van der Waals surface area contributed by atoms with E-state index in [-0.39, 0.29) is 16.2 Å². The molecule has 2 aromatic rings. The number of methoxy groups -OCH3 is 2. The molecule has 2 amide bonds. The molecule has 0 saturated carbocycles. The molecule has 182 valence electrons. The van der Waals surface area contributed by atoms with E-state index in [9.17, 15) is 27.6 Å². The fourth-order valence-electron chi connectivity index (χ4n) is 2.52. The molecule has 0 bridgehead atoms. The topological polar surface area (TPSA) is 166 Å². The Hall–Kier alpha value is -3.97. The molecule has 0 aliphatic rings. The van der Waals surface area contributed by atoms with E-state index in [4.69, 9.17) is 9.47 Å². The number of rotatable bonds is 10. The highest BCUT2D eigenvalue weighted by Gasteiger charge is 2.17. The van der Waals surface area contributed by atoms with Gasteiger partial charge in [0.2, 0.25) is 10.0 Å². The van der Waals surface area contributed by atoms with Crippen molar-refractivity contribution in [3.63, 3.8) is 0 Å². The van der Waals surface area contributed by atoms with E-state index in [1.165, 1.54) is 63.6 Å². The molecule has 0 fully saturated rings. The molecule has 0 unspecified atom stereocenters. The summed E-state index contributed by atoms with van der Waals surface area (Å²) in [5.74, 6) is -2.04. The van der Waals surface area contributed by atoms with E-state index in [2.05, 4.69) is 15.6 Å². The molecule has 12 nitrogen and oxygen atoms in total. The lowest BCUT2D eigenvalue weighted by atomic mass is 10.2. The zero-order valence-electron chi connectivity index (χ0n) is 18.5. The number of hydrazine groups is 1. The van der Waals surface area contributed by atoms with Gasteiger partial charge in [0.1, 0.15) is 6.54 Å². The Labute approximate surface area is 195 Å². The number of nitrogens with one attached hydrogen (secondary N) is 3. The average molecular weight is 493 g/mol. The van der Waals surface area contributed by atoms with Gasteiger partial charge in [-0.15, -0.1) is 0 Å². The molecule has 2 aromatic carbocycles. The van der Waals surface area contributed by atoms with Gasteiger partial charge in [-0.25, -0.2) is 8.42 Å². The van der Waals surface area contributed by atoms with Crippen LogP contribution in [0.1, 0.15) is 27.6 Å². The summed E-state index contributed by atoms with van der Waals surface area (Å²) >= 11 is 0. The zero-order valence-corrected chi connectivity index (χ0v) is 19.4. The van der Waals surface area contributed by atoms with Crippen LogP contribution in [0.3, 0.4) is 0 Å². The Bertz CT molecular complexity index is 1180. The van der Waals surface area contributed by atoms with Crippen LogP contribution >= 0.6 is 0 Å². The van der Waals surface area contributed by atoms with E-state index >= 15 is 0 Å². The molecule has 2 rings (SSSR count). The number of esters is 1. The van der Waals surface area contributed by atoms with Crippen LogP contribution in [0.15, 0.2) is 47.4 Å². The summed E-state index contributed by atoms with van der Waals surface area (Å²) in [6.45, 7) is -0.155. The summed E-state index contributed by atoms with van der Waals surface area (Å²) < 4.78 is 41.3. The molecule has 0 aromatic heterocycles. The third kappa shape index (κ3) is 7.28. The first kappa shape index (κ1) is 26.3. The standard InChI is InChI=1S/C21H23N3O9S/c1-13(25)14-4-7-16(8-5-14)34(29,30)22-11-20(27)33-12-19(26)23-24-21(28)15-6-9-17(31-2)18(10-15)32-3/h4-10,22H,11-12H2,1-3H3,(H,23,26)(H,24,28). The van der Waals surface area contributed by atoms with Crippen molar-refractivity contribution < 1.29 is 41.8 Å². The quantitative estimate of drug-likeness (QED) is 0.238. The lowest BCUT2D eigenvalue weighted by molar-refractivity contribution is -0.147. The Morgan fingerprint density at radius 2 is 1.47 bits per heavy atom. The molecule has 0 aliphatic carbocycles. The van der Waals surface area contributed by atoms with Gasteiger partial charge >= 0.3 is 5.97 Å². The van der Waals surface area contributed by atoms with Crippen LogP contribution in [-0.2, 0) is 24.3 Å². The maximum absolute atomic E-state index is 12.2. The molecule has 0 aliphatic heterocycles. The van der Waals surface area contributed by atoms with Crippen molar-refractivity contribution in [2.45, 2.75) is 11.8 Å². The van der Waals surface area contributed by atoms with Gasteiger partial charge in [-0.3, -0.25) is 30.0 Å². The number of carbonyl (C=O) groups is 4. The van der Waals surface area contributed by atoms with E-state index in [1.807, 2.05) is 4.72 Å². The minimum atomic E-state index is -4.04. The summed E-state index contributed by atoms with van der Waals surface area (Å²) in [6.07, 6.45) is 0. The second-order valence-electron chi connectivity index (χ2n) is 6.64. The second kappa shape index (κ2) is 11.8. The predicted octanol–water partition coefficient (Wildman–Crippen LogP) is 0.189. The third-order valence-electron chi connectivity index (χ3n) is 4.30. The van der Waals surface area contributed by atoms with Crippen molar-refractivity contribution in [2.24, 2.45) is 0 Å². The third-order valence-corrected chi connectivity index (χ3v) is 5.72. The van der Waals surface area contributed by atoms with E-state index < -0.39 is 41.0 Å². The van der Waals surface area contributed by atoms with Crippen LogP contribution < -0.4 is 25.0 Å². The highest BCUT2D eigenvalue weighted by atomic mass is 32.2. The second-order valence-corrected chi connectivity index (χ2v) is 8.40. The number of amides is 2. The molecule has 0 atom stereocenters. The summed E-state index contributed by atoms with van der Waals surface area (Å²) in [7, 11) is -1.19. The smallest absolute Gasteiger partial charge is 0.321 e. The van der Waals surface area contributed by atoms with E-state index in [0.717, 1.165) is 0 Å². The fourth-order valence-corrected chi connectivity index (χ4v) is 3.48. The molecular weight excluding hydrogens is 470 g/mol. The molecule has 34 heavy (non-hydrogen) atoms. The summed E-state index contributed by atoms with van der Waals surface area (Å²) in [4.78, 5) is 46.8. The van der Waals surface area contributed by atoms with Gasteiger partial charge in [-0.1, -0.05) is 12.1 Å². The van der Waals surface area contributed by atoms with Crippen molar-refractivity contribution in [2.75, 3.05) is 27.4 Å². The number of benzene rings is 2. The van der Waals surface area contributed by atoms with Crippen LogP contribution in [0, 0.1) is 0 Å². The van der Waals surface area contributed by atoms with Gasteiger partial charge in [0.25, 0.3) is 11.8 Å². The highest BCUT2D eigenvalue weighted by Crippen LogP contribution is 2.27. The number of ketones is 1. The first-order valence-electron chi connectivity index (χ1n) is 9.65. The van der Waals surface area contributed by atoms with Crippen molar-refractivity contribution in [1.29, 1.82) is 0 Å². The number of hydrogen-bond donors (Lipinski definition) is 3. The monoisotopic (exact) mass is 493 g/mol. The van der Waals surface area contributed by atoms with Crippen LogP contribution in [-0.4, -0.2) is 59.4 Å². The first-order valence-corrected chi connectivity index (χ1v) is 11.1. The van der Waals surface area contributed by atoms with Crippen LogP contribution in [0.4, 0.5) is 0 Å². The summed E-state index contributed by atoms with van der Waals surface area (Å²) in [6, 6.07) is 9.49. The van der Waals surface area contributed by atoms with Gasteiger partial charge in [0.05, 0.1) is 19.1 Å². The highest BCUT2D eigenvalue weighted by molar-refractivity contribution is 7.89. The van der Waals surface area contributed by atoms with E-state index in [1.54, 1.807) is 0 Å². The Balaban J connectivity index is 1.78. The van der Waals surface area contributed by atoms with Gasteiger partial charge in [0, 0.05) is 11.1 Å². The van der Waals surface area contributed by atoms with Crippen molar-refractivity contribution in [3.8, 4) is 11.5 Å². The number of sulfonamides is 1. The van der Waals surface area contributed by atoms with Gasteiger partial charge in [-0.05, 0) is 37.3 Å². The molecule has 0 saturated heterocycles. The number of hydrogen-bond acceptors (Lipinski definition) is 9. The largest absolute Gasteiger partial charge is 0.493 e. The van der Waals surface area contributed by atoms with Gasteiger partial charge < -0.3 is 14.2 Å². The summed E-state index contributed by atoms with van der Waals surface area (Å²) in [5.41, 5.74) is 4.70. The maximum Gasteiger partial charge on any atom is 0.321 e. The Morgan fingerprint density at radius 3 is 2.06 bits per heavy atom. The fraction of sp³-hybridized carbons (Fsp3) is 0.238. The Morgan fingerprint density at radius 1 is 0.853 bits per heavy atom. The van der Waals surface area contributed by atoms with Gasteiger partial charge in [0.15, 0.2) is 23.9 Å². The normalized spacial score (nSPS) is 10.7. The molecule has 3 N–H and O–H groups in total. The van der Waals surface area contributed by atoms with Gasteiger partial charge in [-0.2, -0.15) is 4.72 Å². The summed E-state index contributed by atoms with van der Waals surface area (Å²) in [5, 5.41) is 0. The zero-order chi connectivity index (χ0) is 25.3. The van der Waals surface area contributed by atoms with Crippen molar-refractivity contribution in [1.82, 2.24) is 15.6 Å². The minimum Gasteiger partial charge on any atom is -0.493 e. The predicted molar refractivity (Wildman–Crippen MR) is 118 cm³/mol. The molecule has 0 heterocycles. The lowest BCUT2D eigenvalue weighted by Gasteiger charge is -2.11. The van der Waals surface area contributed by atoms with Crippen LogP contribution in [0.5, 0.6) is 11.5 Å². The number of Topliss-reactive ketones (excluding diaryl/α,β-unsaturated/α-hetero) is 1.